The summed E-state index contributed by atoms with van der Waals surface area (Å²) >= 11 is 0. The van der Waals surface area contributed by atoms with E-state index >= 15 is 0 Å². The van der Waals surface area contributed by atoms with E-state index in [9.17, 15) is 28.8 Å². The summed E-state index contributed by atoms with van der Waals surface area (Å²) in [6.07, 6.45) is 2.51. The van der Waals surface area contributed by atoms with E-state index in [2.05, 4.69) is 21.3 Å². The normalized spacial score (nSPS) is 13.1. The molecule has 19 heteroatoms. The second-order valence-corrected chi connectivity index (χ2v) is 11.6. The van der Waals surface area contributed by atoms with Gasteiger partial charge in [0.25, 0.3) is 11.8 Å². The van der Waals surface area contributed by atoms with Crippen LogP contribution in [0.15, 0.2) is 12.2 Å². The van der Waals surface area contributed by atoms with Gasteiger partial charge in [-0.05, 0) is 20.8 Å². The number of hydrogen-bond acceptors (Lipinski definition) is 14. The van der Waals surface area contributed by atoms with Crippen molar-refractivity contribution in [2.75, 3.05) is 125 Å². The Balaban J connectivity index is 1.73. The molecule has 0 fully saturated rings. The van der Waals surface area contributed by atoms with Crippen LogP contribution in [0, 0.1) is 0 Å². The monoisotopic (exact) mass is 761 g/mol. The topological polar surface area (TPSA) is 228 Å². The van der Waals surface area contributed by atoms with E-state index in [1.807, 2.05) is 13.8 Å². The third-order valence-electron chi connectivity index (χ3n) is 6.76. The highest BCUT2D eigenvalue weighted by Crippen LogP contribution is 2.04. The molecule has 1 rings (SSSR count). The maximum Gasteiger partial charge on any atom is 0.253 e. The van der Waals surface area contributed by atoms with Crippen molar-refractivity contribution in [2.45, 2.75) is 45.7 Å². The van der Waals surface area contributed by atoms with Gasteiger partial charge in [-0.3, -0.25) is 33.7 Å². The molecule has 6 amide bonds. The summed E-state index contributed by atoms with van der Waals surface area (Å²) in [5.41, 5.74) is 0. The Morgan fingerprint density at radius 2 is 0.925 bits per heavy atom. The van der Waals surface area contributed by atoms with Crippen LogP contribution in [0.4, 0.5) is 0 Å². The smallest absolute Gasteiger partial charge is 0.253 e. The first-order valence-electron chi connectivity index (χ1n) is 17.9. The lowest BCUT2D eigenvalue weighted by Gasteiger charge is -2.16. The fraction of sp³-hybridized carbons (Fsp3) is 0.765. The molecule has 0 radical (unpaired) electrons. The average molecular weight is 762 g/mol. The number of nitrogens with zero attached hydrogens (tertiary/aromatic N) is 1. The number of ether oxygens (including phenoxy) is 8. The molecular weight excluding hydrogens is 702 g/mol. The van der Waals surface area contributed by atoms with Crippen molar-refractivity contribution in [1.82, 2.24) is 26.2 Å². The highest BCUT2D eigenvalue weighted by Gasteiger charge is 2.23. The fourth-order valence-corrected chi connectivity index (χ4v) is 4.06. The number of carbonyl (C=O) groups is 6. The molecule has 0 bridgehead atoms. The summed E-state index contributed by atoms with van der Waals surface area (Å²) in [7, 11) is 0. The first-order valence-corrected chi connectivity index (χ1v) is 17.9. The van der Waals surface area contributed by atoms with Gasteiger partial charge in [-0.15, -0.1) is 0 Å². The van der Waals surface area contributed by atoms with Gasteiger partial charge in [0.2, 0.25) is 23.6 Å². The molecule has 0 aromatic heterocycles. The Kier molecular flexibility index (Phi) is 28.6. The second-order valence-electron chi connectivity index (χ2n) is 11.6. The summed E-state index contributed by atoms with van der Waals surface area (Å²) in [6.45, 7) is 11.5. The van der Waals surface area contributed by atoms with E-state index in [4.69, 9.17) is 37.9 Å². The molecule has 0 aromatic carbocycles. The van der Waals surface area contributed by atoms with Crippen molar-refractivity contribution in [3.63, 3.8) is 0 Å². The molecule has 4 N–H and O–H groups in total. The van der Waals surface area contributed by atoms with Crippen LogP contribution in [0.5, 0.6) is 0 Å². The Bertz CT molecular complexity index is 1080. The number of carbonyl (C=O) groups excluding carboxylic acids is 6. The highest BCUT2D eigenvalue weighted by molar-refractivity contribution is 6.13. The van der Waals surface area contributed by atoms with Crippen LogP contribution in [-0.2, 0) is 66.7 Å². The second kappa shape index (κ2) is 31.9. The van der Waals surface area contributed by atoms with Gasteiger partial charge in [-0.25, -0.2) is 0 Å². The SMILES string of the molecule is CC(C)NC(=O)C(C)NC(=O)CNC(=O)CCOCCOCCOCCOCCOCCOCCOCCOCCNC(=O)CCN1C(=O)C=CC1=O. The minimum Gasteiger partial charge on any atom is -0.379 e. The first-order chi connectivity index (χ1) is 25.6. The molecule has 0 aliphatic carbocycles. The summed E-state index contributed by atoms with van der Waals surface area (Å²) in [6, 6.07) is -0.730. The lowest BCUT2D eigenvalue weighted by Crippen LogP contribution is -2.49. The van der Waals surface area contributed by atoms with Crippen LogP contribution in [0.3, 0.4) is 0 Å². The van der Waals surface area contributed by atoms with Crippen LogP contribution in [0.25, 0.3) is 0 Å². The lowest BCUT2D eigenvalue weighted by molar-refractivity contribution is -0.137. The summed E-state index contributed by atoms with van der Waals surface area (Å²) in [5.74, 6) is -2.15. The van der Waals surface area contributed by atoms with E-state index in [0.29, 0.717) is 106 Å². The zero-order valence-corrected chi connectivity index (χ0v) is 31.3. The van der Waals surface area contributed by atoms with Gasteiger partial charge in [-0.2, -0.15) is 0 Å². The zero-order valence-electron chi connectivity index (χ0n) is 31.3. The molecule has 1 aliphatic rings. The van der Waals surface area contributed by atoms with Crippen molar-refractivity contribution in [3.8, 4) is 0 Å². The largest absolute Gasteiger partial charge is 0.379 e. The Morgan fingerprint density at radius 3 is 1.36 bits per heavy atom. The van der Waals surface area contributed by atoms with Crippen LogP contribution in [0.2, 0.25) is 0 Å². The minimum absolute atomic E-state index is 0.0334. The molecule has 1 heterocycles. The molecule has 304 valence electrons. The minimum atomic E-state index is -0.697. The van der Waals surface area contributed by atoms with Gasteiger partial charge in [0.15, 0.2) is 0 Å². The van der Waals surface area contributed by atoms with Gasteiger partial charge in [0.05, 0.1) is 112 Å². The fourth-order valence-electron chi connectivity index (χ4n) is 4.06. The molecule has 1 atom stereocenters. The van der Waals surface area contributed by atoms with Crippen molar-refractivity contribution in [2.24, 2.45) is 0 Å². The van der Waals surface area contributed by atoms with E-state index in [0.717, 1.165) is 4.90 Å². The molecule has 19 nitrogen and oxygen atoms in total. The number of rotatable bonds is 35. The van der Waals surface area contributed by atoms with Crippen LogP contribution in [-0.4, -0.2) is 178 Å². The summed E-state index contributed by atoms with van der Waals surface area (Å²) < 4.78 is 43.4. The lowest BCUT2D eigenvalue weighted by atomic mass is 10.2. The molecule has 0 saturated carbocycles. The molecule has 0 spiro atoms. The van der Waals surface area contributed by atoms with E-state index in [1.54, 1.807) is 6.92 Å². The van der Waals surface area contributed by atoms with Crippen LogP contribution >= 0.6 is 0 Å². The summed E-state index contributed by atoms with van der Waals surface area (Å²) in [5, 5.41) is 10.4. The maximum atomic E-state index is 11.9. The number of nitrogens with one attached hydrogen (secondary N) is 4. The van der Waals surface area contributed by atoms with Gasteiger partial charge < -0.3 is 59.2 Å². The van der Waals surface area contributed by atoms with E-state index in [1.165, 1.54) is 12.2 Å². The van der Waals surface area contributed by atoms with E-state index < -0.39 is 23.8 Å². The molecular formula is C34H59N5O14. The van der Waals surface area contributed by atoms with Gasteiger partial charge in [0, 0.05) is 44.1 Å². The Morgan fingerprint density at radius 1 is 0.528 bits per heavy atom. The van der Waals surface area contributed by atoms with Crippen molar-refractivity contribution >= 4 is 35.4 Å². The van der Waals surface area contributed by atoms with Gasteiger partial charge in [0.1, 0.15) is 6.04 Å². The molecule has 0 saturated heterocycles. The van der Waals surface area contributed by atoms with Crippen molar-refractivity contribution < 1.29 is 66.7 Å². The highest BCUT2D eigenvalue weighted by atomic mass is 16.6. The van der Waals surface area contributed by atoms with Gasteiger partial charge >= 0.3 is 0 Å². The maximum absolute atomic E-state index is 11.9. The zero-order chi connectivity index (χ0) is 38.9. The molecule has 1 unspecified atom stereocenters. The first kappa shape index (κ1) is 47.5. The summed E-state index contributed by atoms with van der Waals surface area (Å²) in [4.78, 5) is 71.3. The standard InChI is InChI=1S/C34H59N5O14/c1-27(2)37-34(45)28(3)38-31(42)26-36-30(41)7-10-46-12-14-48-16-18-50-20-22-52-24-25-53-23-21-51-19-17-49-15-13-47-11-8-35-29(40)6-9-39-32(43)4-5-33(39)44/h4-5,27-28H,6-26H2,1-3H3,(H,35,40)(H,36,41)(H,37,45)(H,38,42). The quantitative estimate of drug-likeness (QED) is 0.0408. The van der Waals surface area contributed by atoms with Crippen LogP contribution in [0.1, 0.15) is 33.6 Å². The molecule has 53 heavy (non-hydrogen) atoms. The van der Waals surface area contributed by atoms with Crippen LogP contribution < -0.4 is 21.3 Å². The Labute approximate surface area is 311 Å². The number of imide groups is 1. The Hall–Kier alpha value is -3.56. The van der Waals surface area contributed by atoms with Crippen molar-refractivity contribution in [3.05, 3.63) is 12.2 Å². The predicted molar refractivity (Wildman–Crippen MR) is 189 cm³/mol. The van der Waals surface area contributed by atoms with Gasteiger partial charge in [-0.1, -0.05) is 0 Å². The van der Waals surface area contributed by atoms with E-state index in [-0.39, 0.29) is 56.3 Å². The molecule has 0 aromatic rings. The molecule has 1 aliphatic heterocycles. The third kappa shape index (κ3) is 27.7. The number of hydrogen-bond donors (Lipinski definition) is 4. The average Bonchev–Trinajstić information content (AvgIpc) is 3.44. The third-order valence-corrected chi connectivity index (χ3v) is 6.76. The van der Waals surface area contributed by atoms with Crippen molar-refractivity contribution in [1.29, 1.82) is 0 Å². The predicted octanol–water partition coefficient (Wildman–Crippen LogP) is -1.91. The number of amides is 6.